The van der Waals surface area contributed by atoms with Crippen molar-refractivity contribution in [3.8, 4) is 11.6 Å². The molecule has 1 heterocycles. The monoisotopic (exact) mass is 298 g/mol. The van der Waals surface area contributed by atoms with Crippen LogP contribution in [0, 0.1) is 6.92 Å². The first kappa shape index (κ1) is 11.4. The van der Waals surface area contributed by atoms with Gasteiger partial charge in [0.25, 0.3) is 0 Å². The van der Waals surface area contributed by atoms with Crippen molar-refractivity contribution in [3.05, 3.63) is 45.8 Å². The van der Waals surface area contributed by atoms with E-state index < -0.39 is 0 Å². The normalized spacial score (nSPS) is 10.2. The minimum Gasteiger partial charge on any atom is -0.439 e. The van der Waals surface area contributed by atoms with Crippen molar-refractivity contribution in [3.63, 3.8) is 0 Å². The summed E-state index contributed by atoms with van der Waals surface area (Å²) in [4.78, 5) is 8.08. The fourth-order valence-corrected chi connectivity index (χ4v) is 1.80. The summed E-state index contributed by atoms with van der Waals surface area (Å²) >= 11 is 9.17. The van der Waals surface area contributed by atoms with E-state index in [1.165, 1.54) is 0 Å². The van der Waals surface area contributed by atoms with Crippen LogP contribution in [0.5, 0.6) is 11.6 Å². The first-order valence-electron chi connectivity index (χ1n) is 4.58. The fraction of sp³-hybridized carbons (Fsp3) is 0.0909. The summed E-state index contributed by atoms with van der Waals surface area (Å²) < 4.78 is 6.50. The fourth-order valence-electron chi connectivity index (χ4n) is 1.21. The molecule has 2 aromatic rings. The van der Waals surface area contributed by atoms with Crippen LogP contribution < -0.4 is 4.74 Å². The number of rotatable bonds is 2. The number of hydrogen-bond donors (Lipinski definition) is 0. The second kappa shape index (κ2) is 4.80. The average Bonchev–Trinajstić information content (AvgIpc) is 2.15. The third-order valence-corrected chi connectivity index (χ3v) is 2.49. The molecule has 82 valence electrons. The van der Waals surface area contributed by atoms with E-state index >= 15 is 0 Å². The quantitative estimate of drug-likeness (QED) is 0.786. The van der Waals surface area contributed by atoms with Crippen LogP contribution in [-0.4, -0.2) is 9.97 Å². The summed E-state index contributed by atoms with van der Waals surface area (Å²) in [6.45, 7) is 1.76. The number of nitrogens with zero attached hydrogens (tertiary/aromatic N) is 2. The summed E-state index contributed by atoms with van der Waals surface area (Å²) in [6, 6.07) is 9.08. The van der Waals surface area contributed by atoms with Crippen LogP contribution in [0.1, 0.15) is 5.82 Å². The zero-order chi connectivity index (χ0) is 11.5. The first-order valence-corrected chi connectivity index (χ1v) is 5.75. The molecule has 0 spiro atoms. The largest absolute Gasteiger partial charge is 0.439 e. The molecule has 0 aliphatic carbocycles. The second-order valence-corrected chi connectivity index (χ2v) is 4.44. The zero-order valence-corrected chi connectivity index (χ0v) is 10.8. The van der Waals surface area contributed by atoms with Gasteiger partial charge in [-0.3, -0.25) is 0 Å². The second-order valence-electron chi connectivity index (χ2n) is 3.14. The molecule has 16 heavy (non-hydrogen) atoms. The Morgan fingerprint density at radius 2 is 2.06 bits per heavy atom. The Balaban J connectivity index is 2.27. The molecule has 1 aromatic heterocycles. The van der Waals surface area contributed by atoms with Crippen molar-refractivity contribution in [1.29, 1.82) is 0 Å². The van der Waals surface area contributed by atoms with Gasteiger partial charge in [0.05, 0.1) is 0 Å². The summed E-state index contributed by atoms with van der Waals surface area (Å²) in [5.41, 5.74) is 0. The highest BCUT2D eigenvalue weighted by Crippen LogP contribution is 2.24. The van der Waals surface area contributed by atoms with Crippen LogP contribution in [0.3, 0.4) is 0 Å². The number of hydrogen-bond acceptors (Lipinski definition) is 3. The Hall–Kier alpha value is -1.13. The van der Waals surface area contributed by atoms with E-state index in [0.717, 1.165) is 4.47 Å². The van der Waals surface area contributed by atoms with E-state index in [2.05, 4.69) is 25.9 Å². The van der Waals surface area contributed by atoms with Gasteiger partial charge in [-0.1, -0.05) is 33.6 Å². The van der Waals surface area contributed by atoms with E-state index in [9.17, 15) is 0 Å². The molecule has 0 saturated carbocycles. The van der Waals surface area contributed by atoms with Crippen LogP contribution in [0.25, 0.3) is 0 Å². The third-order valence-electron chi connectivity index (χ3n) is 1.80. The molecule has 0 radical (unpaired) electrons. The van der Waals surface area contributed by atoms with Gasteiger partial charge in [-0.15, -0.1) is 0 Å². The van der Waals surface area contributed by atoms with Gasteiger partial charge in [0, 0.05) is 10.5 Å². The molecule has 0 fully saturated rings. The molecule has 0 unspecified atom stereocenters. The number of ether oxygens (including phenoxy) is 1. The molecule has 0 aliphatic heterocycles. The molecule has 0 atom stereocenters. The minimum atomic E-state index is 0.373. The lowest BCUT2D eigenvalue weighted by atomic mass is 10.3. The Morgan fingerprint density at radius 1 is 1.25 bits per heavy atom. The van der Waals surface area contributed by atoms with Gasteiger partial charge in [0.15, 0.2) is 0 Å². The molecule has 0 amide bonds. The zero-order valence-electron chi connectivity index (χ0n) is 8.45. The Labute approximate surface area is 107 Å². The highest BCUT2D eigenvalue weighted by Gasteiger charge is 2.02. The van der Waals surface area contributed by atoms with Crippen LogP contribution >= 0.6 is 27.5 Å². The molecule has 0 N–H and O–H groups in total. The van der Waals surface area contributed by atoms with Gasteiger partial charge in [0.1, 0.15) is 16.7 Å². The van der Waals surface area contributed by atoms with Crippen molar-refractivity contribution in [2.75, 3.05) is 0 Å². The third kappa shape index (κ3) is 2.93. The van der Waals surface area contributed by atoms with Crippen LogP contribution in [0.2, 0.25) is 5.15 Å². The van der Waals surface area contributed by atoms with Gasteiger partial charge in [-0.2, -0.15) is 4.98 Å². The standard InChI is InChI=1S/C11H8BrClN2O/c1-7-14-10(13)6-11(15-7)16-9-4-2-3-8(12)5-9/h2-6H,1H3. The van der Waals surface area contributed by atoms with Gasteiger partial charge in [-0.25, -0.2) is 4.98 Å². The van der Waals surface area contributed by atoms with Crippen molar-refractivity contribution in [1.82, 2.24) is 9.97 Å². The molecule has 3 nitrogen and oxygen atoms in total. The van der Waals surface area contributed by atoms with Crippen molar-refractivity contribution >= 4 is 27.5 Å². The van der Waals surface area contributed by atoms with Crippen LogP contribution in [0.4, 0.5) is 0 Å². The van der Waals surface area contributed by atoms with Crippen molar-refractivity contribution in [2.24, 2.45) is 0 Å². The summed E-state index contributed by atoms with van der Waals surface area (Å²) in [6.07, 6.45) is 0. The average molecular weight is 300 g/mol. The predicted octanol–water partition coefficient (Wildman–Crippen LogP) is 3.99. The van der Waals surface area contributed by atoms with E-state index in [4.69, 9.17) is 16.3 Å². The van der Waals surface area contributed by atoms with Gasteiger partial charge < -0.3 is 4.74 Å². The number of aromatic nitrogens is 2. The molecule has 2 rings (SSSR count). The van der Waals surface area contributed by atoms with E-state index in [1.54, 1.807) is 13.0 Å². The van der Waals surface area contributed by atoms with Gasteiger partial charge >= 0.3 is 0 Å². The molecular formula is C11H8BrClN2O. The number of halogens is 2. The smallest absolute Gasteiger partial charge is 0.224 e. The maximum Gasteiger partial charge on any atom is 0.224 e. The summed E-state index contributed by atoms with van der Waals surface area (Å²) in [5.74, 6) is 1.72. The first-order chi connectivity index (χ1) is 7.63. The van der Waals surface area contributed by atoms with E-state index in [1.807, 2.05) is 24.3 Å². The summed E-state index contributed by atoms with van der Waals surface area (Å²) in [5, 5.41) is 0.373. The highest BCUT2D eigenvalue weighted by molar-refractivity contribution is 9.10. The summed E-state index contributed by atoms with van der Waals surface area (Å²) in [7, 11) is 0. The lowest BCUT2D eigenvalue weighted by Gasteiger charge is -2.05. The molecule has 0 saturated heterocycles. The van der Waals surface area contributed by atoms with Crippen molar-refractivity contribution < 1.29 is 4.74 Å². The maximum absolute atomic E-state index is 5.81. The molecule has 0 bridgehead atoms. The van der Waals surface area contributed by atoms with E-state index in [-0.39, 0.29) is 0 Å². The Bertz CT molecular complexity index is 499. The topological polar surface area (TPSA) is 35.0 Å². The molecule has 0 aliphatic rings. The number of aryl methyl sites for hydroxylation is 1. The Morgan fingerprint density at radius 3 is 2.75 bits per heavy atom. The Kier molecular flexibility index (Phi) is 3.41. The molecular weight excluding hydrogens is 291 g/mol. The van der Waals surface area contributed by atoms with Gasteiger partial charge in [0.2, 0.25) is 5.88 Å². The highest BCUT2D eigenvalue weighted by atomic mass is 79.9. The van der Waals surface area contributed by atoms with Gasteiger partial charge in [-0.05, 0) is 25.1 Å². The molecule has 5 heteroatoms. The lowest BCUT2D eigenvalue weighted by molar-refractivity contribution is 0.459. The predicted molar refractivity (Wildman–Crippen MR) is 66.0 cm³/mol. The molecule has 1 aromatic carbocycles. The SMILES string of the molecule is Cc1nc(Cl)cc(Oc2cccc(Br)c2)n1. The number of benzene rings is 1. The maximum atomic E-state index is 5.81. The van der Waals surface area contributed by atoms with E-state index in [0.29, 0.717) is 22.6 Å². The van der Waals surface area contributed by atoms with Crippen LogP contribution in [-0.2, 0) is 0 Å². The minimum absolute atomic E-state index is 0.373. The lowest BCUT2D eigenvalue weighted by Crippen LogP contribution is -1.93. The van der Waals surface area contributed by atoms with Crippen LogP contribution in [0.15, 0.2) is 34.8 Å². The van der Waals surface area contributed by atoms with Crippen molar-refractivity contribution in [2.45, 2.75) is 6.92 Å².